The Bertz CT molecular complexity index is 1090. The first-order valence-corrected chi connectivity index (χ1v) is 10.6. The van der Waals surface area contributed by atoms with Crippen molar-refractivity contribution >= 4 is 0 Å². The molecule has 0 amide bonds. The lowest BCUT2D eigenvalue weighted by atomic mass is 9.70. The molecule has 0 N–H and O–H groups in total. The van der Waals surface area contributed by atoms with E-state index >= 15 is 0 Å². The molecule has 0 saturated carbocycles. The normalized spacial score (nSPS) is 16.2. The van der Waals surface area contributed by atoms with Crippen LogP contribution >= 0.6 is 0 Å². The van der Waals surface area contributed by atoms with E-state index in [-0.39, 0.29) is 0 Å². The molecule has 0 nitrogen and oxygen atoms in total. The standard InChI is InChI=1S/C20H8F26/c21-11(22,13(25,26)19(41,42)43)9(15(29,30)31,16(32,33)34)5-7-2-1-3-8(4-7)6-10(17(35,36)37,18(38,39)40)12(23,24)14(27,28)20(44,45)46/h1-4H,5-6H2. The molecule has 0 aliphatic carbocycles. The van der Waals surface area contributed by atoms with Gasteiger partial charge in [-0.05, 0) is 11.1 Å². The van der Waals surface area contributed by atoms with Gasteiger partial charge < -0.3 is 0 Å². The SMILES string of the molecule is FC(F)(F)C(F)(F)C(F)(F)C(Cc1cccc(CC(C(F)(F)F)(C(F)(F)F)C(F)(F)C(F)(F)C(F)(F)F)c1)(C(F)(F)F)C(F)(F)F. The van der Waals surface area contributed by atoms with Crippen molar-refractivity contribution in [3.8, 4) is 0 Å². The van der Waals surface area contributed by atoms with Gasteiger partial charge >= 0.3 is 60.7 Å². The summed E-state index contributed by atoms with van der Waals surface area (Å²) in [4.78, 5) is 0. The van der Waals surface area contributed by atoms with Gasteiger partial charge in [-0.15, -0.1) is 0 Å². The Morgan fingerprint density at radius 2 is 0.522 bits per heavy atom. The third-order valence-corrected chi connectivity index (χ3v) is 6.44. The van der Waals surface area contributed by atoms with Crippen LogP contribution in [0, 0.1) is 10.8 Å². The second-order valence-corrected chi connectivity index (χ2v) is 9.27. The third kappa shape index (κ3) is 5.86. The molecule has 0 aliphatic rings. The fraction of sp³-hybridized carbons (Fsp3) is 0.700. The third-order valence-electron chi connectivity index (χ3n) is 6.44. The zero-order valence-corrected chi connectivity index (χ0v) is 20.6. The van der Waals surface area contributed by atoms with Gasteiger partial charge in [-0.3, -0.25) is 0 Å². The summed E-state index contributed by atoms with van der Waals surface area (Å²) in [7, 11) is 0. The van der Waals surface area contributed by atoms with Crippen LogP contribution in [-0.4, -0.2) is 60.7 Å². The number of halogens is 26. The first kappa shape index (κ1) is 41.4. The average molecular weight is 742 g/mol. The highest BCUT2D eigenvalue weighted by Crippen LogP contribution is 2.68. The maximum atomic E-state index is 14.3. The summed E-state index contributed by atoms with van der Waals surface area (Å²) < 4.78 is 349. The highest BCUT2D eigenvalue weighted by atomic mass is 19.5. The van der Waals surface area contributed by atoms with Crippen molar-refractivity contribution in [1.29, 1.82) is 0 Å². The topological polar surface area (TPSA) is 0 Å². The maximum Gasteiger partial charge on any atom is 0.459 e. The molecule has 1 rings (SSSR count). The minimum Gasteiger partial charge on any atom is -0.198 e. The molecule has 0 radical (unpaired) electrons. The zero-order chi connectivity index (χ0) is 37.4. The van der Waals surface area contributed by atoms with E-state index in [1.54, 1.807) is 0 Å². The maximum absolute atomic E-state index is 14.3. The van der Waals surface area contributed by atoms with Crippen LogP contribution in [0.5, 0.6) is 0 Å². The summed E-state index contributed by atoms with van der Waals surface area (Å²) in [5, 5.41) is 0. The molecule has 0 heterocycles. The van der Waals surface area contributed by atoms with E-state index in [4.69, 9.17) is 0 Å². The Hall–Kier alpha value is -2.60. The highest BCUT2D eigenvalue weighted by Gasteiger charge is 2.93. The summed E-state index contributed by atoms with van der Waals surface area (Å²) in [6, 6.07) is -2.49. The molecule has 1 aromatic carbocycles. The van der Waals surface area contributed by atoms with Crippen molar-refractivity contribution in [3.63, 3.8) is 0 Å². The first-order valence-electron chi connectivity index (χ1n) is 10.6. The summed E-state index contributed by atoms with van der Waals surface area (Å²) >= 11 is 0. The molecule has 46 heavy (non-hydrogen) atoms. The summed E-state index contributed by atoms with van der Waals surface area (Å²) in [5.74, 6) is -33.3. The van der Waals surface area contributed by atoms with Crippen LogP contribution in [0.1, 0.15) is 11.1 Å². The van der Waals surface area contributed by atoms with Gasteiger partial charge in [0.1, 0.15) is 0 Å². The predicted molar refractivity (Wildman–Crippen MR) is 94.8 cm³/mol. The molecule has 0 unspecified atom stereocenters. The van der Waals surface area contributed by atoms with E-state index in [1.807, 2.05) is 0 Å². The van der Waals surface area contributed by atoms with Crippen LogP contribution in [0.15, 0.2) is 24.3 Å². The molecular formula is C20H8F26. The molecule has 0 fully saturated rings. The average Bonchev–Trinajstić information content (AvgIpc) is 2.75. The predicted octanol–water partition coefficient (Wildman–Crippen LogP) is 10.7. The largest absolute Gasteiger partial charge is 0.459 e. The lowest BCUT2D eigenvalue weighted by Crippen LogP contribution is -2.71. The Balaban J connectivity index is 4.22. The zero-order valence-electron chi connectivity index (χ0n) is 20.6. The Kier molecular flexibility index (Phi) is 9.88. The molecule has 270 valence electrons. The van der Waals surface area contributed by atoms with Crippen LogP contribution in [-0.2, 0) is 12.8 Å². The lowest BCUT2D eigenvalue weighted by Gasteiger charge is -2.46. The summed E-state index contributed by atoms with van der Waals surface area (Å²) in [6.07, 6.45) is -55.8. The van der Waals surface area contributed by atoms with Gasteiger partial charge in [-0.25, -0.2) is 0 Å². The van der Waals surface area contributed by atoms with E-state index < -0.39 is 120 Å². The molecule has 0 atom stereocenters. The van der Waals surface area contributed by atoms with Gasteiger partial charge in [0.15, 0.2) is 0 Å². The Morgan fingerprint density at radius 1 is 0.304 bits per heavy atom. The quantitative estimate of drug-likeness (QED) is 0.233. The highest BCUT2D eigenvalue weighted by molar-refractivity contribution is 5.30. The minimum atomic E-state index is -8.38. The molecule has 1 aromatic rings. The van der Waals surface area contributed by atoms with Crippen molar-refractivity contribution in [1.82, 2.24) is 0 Å². The Morgan fingerprint density at radius 3 is 0.696 bits per heavy atom. The van der Waals surface area contributed by atoms with E-state index in [1.165, 1.54) is 0 Å². The monoisotopic (exact) mass is 742 g/mol. The van der Waals surface area contributed by atoms with Crippen molar-refractivity contribution in [2.45, 2.75) is 73.6 Å². The number of hydrogen-bond donors (Lipinski definition) is 0. The smallest absolute Gasteiger partial charge is 0.198 e. The van der Waals surface area contributed by atoms with Crippen LogP contribution in [0.25, 0.3) is 0 Å². The first-order chi connectivity index (χ1) is 19.7. The van der Waals surface area contributed by atoms with Crippen LogP contribution in [0.3, 0.4) is 0 Å². The number of benzene rings is 1. The van der Waals surface area contributed by atoms with Crippen molar-refractivity contribution in [2.75, 3.05) is 0 Å². The summed E-state index contributed by atoms with van der Waals surface area (Å²) in [6.45, 7) is 0. The minimum absolute atomic E-state index is 0.403. The number of hydrogen-bond acceptors (Lipinski definition) is 0. The van der Waals surface area contributed by atoms with Gasteiger partial charge in [-0.1, -0.05) is 24.3 Å². The van der Waals surface area contributed by atoms with E-state index in [2.05, 4.69) is 0 Å². The number of alkyl halides is 26. The summed E-state index contributed by atoms with van der Waals surface area (Å²) in [5.41, 5.74) is -20.3. The molecule has 0 spiro atoms. The van der Waals surface area contributed by atoms with E-state index in [0.717, 1.165) is 0 Å². The molecule has 0 aliphatic heterocycles. The van der Waals surface area contributed by atoms with Gasteiger partial charge in [-0.2, -0.15) is 114 Å². The molecule has 0 bridgehead atoms. The Labute approximate surface area is 235 Å². The molecule has 0 aromatic heterocycles. The van der Waals surface area contributed by atoms with Crippen molar-refractivity contribution in [3.05, 3.63) is 35.4 Å². The molecular weight excluding hydrogens is 734 g/mol. The molecule has 26 heteroatoms. The van der Waals surface area contributed by atoms with E-state index in [9.17, 15) is 114 Å². The van der Waals surface area contributed by atoms with E-state index in [0.29, 0.717) is 0 Å². The van der Waals surface area contributed by atoms with Crippen LogP contribution in [0.2, 0.25) is 0 Å². The second kappa shape index (κ2) is 11.0. The fourth-order valence-electron chi connectivity index (χ4n) is 4.01. The second-order valence-electron chi connectivity index (χ2n) is 9.27. The lowest BCUT2D eigenvalue weighted by molar-refractivity contribution is -0.460. The van der Waals surface area contributed by atoms with Crippen LogP contribution < -0.4 is 0 Å². The number of rotatable bonds is 8. The van der Waals surface area contributed by atoms with Crippen molar-refractivity contribution < 1.29 is 114 Å². The van der Waals surface area contributed by atoms with Gasteiger partial charge in [0.2, 0.25) is 10.8 Å². The van der Waals surface area contributed by atoms with Crippen molar-refractivity contribution in [2.24, 2.45) is 10.8 Å². The van der Waals surface area contributed by atoms with Gasteiger partial charge in [0, 0.05) is 12.8 Å². The fourth-order valence-corrected chi connectivity index (χ4v) is 4.01. The molecule has 0 saturated heterocycles. The van der Waals surface area contributed by atoms with Gasteiger partial charge in [0.25, 0.3) is 0 Å². The van der Waals surface area contributed by atoms with Crippen LogP contribution in [0.4, 0.5) is 114 Å². The van der Waals surface area contributed by atoms with Gasteiger partial charge in [0.05, 0.1) is 0 Å².